The molecule has 0 radical (unpaired) electrons. The summed E-state index contributed by atoms with van der Waals surface area (Å²) < 4.78 is 5.07. The molecule has 1 heterocycles. The fraction of sp³-hybridized carbons (Fsp3) is 0.438. The predicted octanol–water partition coefficient (Wildman–Crippen LogP) is 0.637. The molecule has 8 heteroatoms. The van der Waals surface area contributed by atoms with Crippen molar-refractivity contribution in [2.75, 3.05) is 39.8 Å². The fourth-order valence-corrected chi connectivity index (χ4v) is 2.42. The van der Waals surface area contributed by atoms with Crippen molar-refractivity contribution < 1.29 is 24.2 Å². The molecule has 0 aromatic heterocycles. The van der Waals surface area contributed by atoms with Crippen LogP contribution >= 0.6 is 0 Å². The molecule has 1 aromatic rings. The van der Waals surface area contributed by atoms with Crippen molar-refractivity contribution in [2.24, 2.45) is 0 Å². The number of carboxylic acids is 1. The highest BCUT2D eigenvalue weighted by Crippen LogP contribution is 2.14. The Morgan fingerprint density at radius 3 is 2.21 bits per heavy atom. The number of carbonyl (C=O) groups excluding carboxylic acids is 2. The quantitative estimate of drug-likeness (QED) is 0.822. The van der Waals surface area contributed by atoms with Gasteiger partial charge in [0.1, 0.15) is 5.75 Å². The van der Waals surface area contributed by atoms with Crippen LogP contribution in [0, 0.1) is 0 Å². The van der Waals surface area contributed by atoms with Gasteiger partial charge < -0.3 is 25.0 Å². The first-order valence-corrected chi connectivity index (χ1v) is 7.69. The first-order chi connectivity index (χ1) is 11.5. The number of nitrogens with one attached hydrogen (secondary N) is 1. The van der Waals surface area contributed by atoms with Crippen LogP contribution in [0.3, 0.4) is 0 Å². The van der Waals surface area contributed by atoms with E-state index in [2.05, 4.69) is 5.32 Å². The third kappa shape index (κ3) is 4.61. The Bertz CT molecular complexity index is 594. The van der Waals surface area contributed by atoms with Gasteiger partial charge in [-0.3, -0.25) is 9.59 Å². The molecule has 0 saturated carbocycles. The standard InChI is InChI=1S/C16H21N3O5/c1-24-13-4-2-12(3-5-13)15(22)18-8-10-19(11-9-18)16(23)17-7-6-14(20)21/h2-5H,6-11H2,1H3,(H,17,23)(H,20,21). The van der Waals surface area contributed by atoms with E-state index in [1.54, 1.807) is 41.2 Å². The predicted molar refractivity (Wildman–Crippen MR) is 86.1 cm³/mol. The topological polar surface area (TPSA) is 99.2 Å². The van der Waals surface area contributed by atoms with Gasteiger partial charge in [0.25, 0.3) is 5.91 Å². The van der Waals surface area contributed by atoms with E-state index < -0.39 is 5.97 Å². The second-order valence-corrected chi connectivity index (χ2v) is 5.38. The number of piperazine rings is 1. The van der Waals surface area contributed by atoms with Gasteiger partial charge in [0, 0.05) is 38.3 Å². The van der Waals surface area contributed by atoms with Crippen molar-refractivity contribution in [1.29, 1.82) is 0 Å². The van der Waals surface area contributed by atoms with E-state index in [0.717, 1.165) is 0 Å². The van der Waals surface area contributed by atoms with Gasteiger partial charge in [0.05, 0.1) is 13.5 Å². The normalized spacial score (nSPS) is 14.2. The highest BCUT2D eigenvalue weighted by molar-refractivity contribution is 5.94. The Morgan fingerprint density at radius 1 is 1.08 bits per heavy atom. The van der Waals surface area contributed by atoms with Gasteiger partial charge in [-0.25, -0.2) is 4.79 Å². The van der Waals surface area contributed by atoms with Crippen LogP contribution in [0.15, 0.2) is 24.3 Å². The molecule has 0 aliphatic carbocycles. The van der Waals surface area contributed by atoms with Crippen LogP contribution in [0.4, 0.5) is 4.79 Å². The summed E-state index contributed by atoms with van der Waals surface area (Å²) in [6, 6.07) is 6.60. The van der Waals surface area contributed by atoms with Gasteiger partial charge in [-0.2, -0.15) is 0 Å². The summed E-state index contributed by atoms with van der Waals surface area (Å²) in [5, 5.41) is 11.1. The second-order valence-electron chi connectivity index (χ2n) is 5.38. The second kappa shape index (κ2) is 8.19. The lowest BCUT2D eigenvalue weighted by Gasteiger charge is -2.34. The number of hydrogen-bond donors (Lipinski definition) is 2. The van der Waals surface area contributed by atoms with E-state index in [-0.39, 0.29) is 24.9 Å². The molecular formula is C16H21N3O5. The molecule has 130 valence electrons. The molecule has 8 nitrogen and oxygen atoms in total. The zero-order valence-corrected chi connectivity index (χ0v) is 13.5. The lowest BCUT2D eigenvalue weighted by molar-refractivity contribution is -0.136. The zero-order valence-electron chi connectivity index (χ0n) is 13.5. The summed E-state index contributed by atoms with van der Waals surface area (Å²) >= 11 is 0. The van der Waals surface area contributed by atoms with Gasteiger partial charge in [-0.15, -0.1) is 0 Å². The summed E-state index contributed by atoms with van der Waals surface area (Å²) in [6.07, 6.45) is -0.109. The van der Waals surface area contributed by atoms with E-state index in [4.69, 9.17) is 9.84 Å². The minimum atomic E-state index is -0.954. The lowest BCUT2D eigenvalue weighted by atomic mass is 10.1. The molecule has 1 saturated heterocycles. The minimum Gasteiger partial charge on any atom is -0.497 e. The minimum absolute atomic E-state index is 0.0800. The van der Waals surface area contributed by atoms with Crippen LogP contribution in [0.1, 0.15) is 16.8 Å². The van der Waals surface area contributed by atoms with Crippen molar-refractivity contribution in [3.63, 3.8) is 0 Å². The van der Waals surface area contributed by atoms with Crippen LogP contribution in [0.2, 0.25) is 0 Å². The lowest BCUT2D eigenvalue weighted by Crippen LogP contribution is -2.53. The Labute approximate surface area is 140 Å². The molecule has 24 heavy (non-hydrogen) atoms. The molecule has 1 aliphatic rings. The van der Waals surface area contributed by atoms with Crippen molar-refractivity contribution in [3.05, 3.63) is 29.8 Å². The van der Waals surface area contributed by atoms with Crippen molar-refractivity contribution in [1.82, 2.24) is 15.1 Å². The van der Waals surface area contributed by atoms with Gasteiger partial charge in [0.15, 0.2) is 0 Å². The fourth-order valence-electron chi connectivity index (χ4n) is 2.42. The third-order valence-electron chi connectivity index (χ3n) is 3.81. The molecule has 0 atom stereocenters. The molecule has 1 aliphatic heterocycles. The van der Waals surface area contributed by atoms with Crippen molar-refractivity contribution >= 4 is 17.9 Å². The number of urea groups is 1. The Hall–Kier alpha value is -2.77. The van der Waals surface area contributed by atoms with Crippen molar-refractivity contribution in [2.45, 2.75) is 6.42 Å². The van der Waals surface area contributed by atoms with Crippen LogP contribution in [-0.2, 0) is 4.79 Å². The summed E-state index contributed by atoms with van der Waals surface area (Å²) in [5.74, 6) is -0.344. The summed E-state index contributed by atoms with van der Waals surface area (Å²) in [7, 11) is 1.57. The molecule has 1 fully saturated rings. The maximum absolute atomic E-state index is 12.4. The van der Waals surface area contributed by atoms with E-state index in [1.807, 2.05) is 0 Å². The number of benzene rings is 1. The van der Waals surface area contributed by atoms with Crippen LogP contribution in [0.5, 0.6) is 5.75 Å². The number of amides is 3. The molecular weight excluding hydrogens is 314 g/mol. The van der Waals surface area contributed by atoms with Gasteiger partial charge in [-0.05, 0) is 24.3 Å². The number of methoxy groups -OCH3 is 1. The molecule has 0 spiro atoms. The largest absolute Gasteiger partial charge is 0.497 e. The number of carbonyl (C=O) groups is 3. The van der Waals surface area contributed by atoms with Crippen LogP contribution < -0.4 is 10.1 Å². The zero-order chi connectivity index (χ0) is 17.5. The Balaban J connectivity index is 1.81. The van der Waals surface area contributed by atoms with E-state index in [9.17, 15) is 14.4 Å². The number of rotatable bonds is 5. The van der Waals surface area contributed by atoms with Crippen LogP contribution in [0.25, 0.3) is 0 Å². The summed E-state index contributed by atoms with van der Waals surface area (Å²) in [6.45, 7) is 1.81. The van der Waals surface area contributed by atoms with E-state index >= 15 is 0 Å². The van der Waals surface area contributed by atoms with Gasteiger partial charge >= 0.3 is 12.0 Å². The maximum Gasteiger partial charge on any atom is 0.317 e. The molecule has 1 aromatic carbocycles. The Morgan fingerprint density at radius 2 is 1.67 bits per heavy atom. The number of nitrogens with zero attached hydrogens (tertiary/aromatic N) is 2. The molecule has 2 N–H and O–H groups in total. The SMILES string of the molecule is COc1ccc(C(=O)N2CCN(C(=O)NCCC(=O)O)CC2)cc1. The molecule has 2 rings (SSSR count). The summed E-state index contributed by atoms with van der Waals surface area (Å²) in [4.78, 5) is 38.0. The van der Waals surface area contributed by atoms with Crippen LogP contribution in [-0.4, -0.2) is 72.6 Å². The molecule has 0 bridgehead atoms. The molecule has 0 unspecified atom stereocenters. The highest BCUT2D eigenvalue weighted by atomic mass is 16.5. The average Bonchev–Trinajstić information content (AvgIpc) is 2.61. The average molecular weight is 335 g/mol. The van der Waals surface area contributed by atoms with Crippen molar-refractivity contribution in [3.8, 4) is 5.75 Å². The molecule has 3 amide bonds. The maximum atomic E-state index is 12.4. The number of hydrogen-bond acceptors (Lipinski definition) is 4. The number of carboxylic acid groups (broad SMARTS) is 1. The number of ether oxygens (including phenoxy) is 1. The first kappa shape index (κ1) is 17.6. The smallest absolute Gasteiger partial charge is 0.317 e. The first-order valence-electron chi connectivity index (χ1n) is 7.69. The Kier molecular flexibility index (Phi) is 6.00. The van der Waals surface area contributed by atoms with E-state index in [1.165, 1.54) is 0 Å². The van der Waals surface area contributed by atoms with Gasteiger partial charge in [0.2, 0.25) is 0 Å². The van der Waals surface area contributed by atoms with E-state index in [0.29, 0.717) is 37.5 Å². The monoisotopic (exact) mass is 335 g/mol. The third-order valence-corrected chi connectivity index (χ3v) is 3.81. The highest BCUT2D eigenvalue weighted by Gasteiger charge is 2.24. The summed E-state index contributed by atoms with van der Waals surface area (Å²) in [5.41, 5.74) is 0.579. The number of aliphatic carboxylic acids is 1. The van der Waals surface area contributed by atoms with Gasteiger partial charge in [-0.1, -0.05) is 0 Å².